The maximum atomic E-state index is 13.4. The van der Waals surface area contributed by atoms with Crippen molar-refractivity contribution in [1.82, 2.24) is 4.98 Å². The van der Waals surface area contributed by atoms with Gasteiger partial charge in [0.1, 0.15) is 11.5 Å². The summed E-state index contributed by atoms with van der Waals surface area (Å²) in [7, 11) is 0. The Morgan fingerprint density at radius 3 is 2.34 bits per heavy atom. The third-order valence-corrected chi connectivity index (χ3v) is 7.01. The maximum Gasteiger partial charge on any atom is 0.300 e. The number of aliphatic hydroxyl groups is 1. The predicted octanol–water partition coefficient (Wildman–Crippen LogP) is 5.73. The number of amides is 1. The van der Waals surface area contributed by atoms with E-state index in [0.29, 0.717) is 35.1 Å². The highest BCUT2D eigenvalue weighted by molar-refractivity contribution is 6.51. The van der Waals surface area contributed by atoms with Crippen molar-refractivity contribution < 1.29 is 19.4 Å². The van der Waals surface area contributed by atoms with Gasteiger partial charge >= 0.3 is 0 Å². The average Bonchev–Trinajstić information content (AvgIpc) is 3.22. The third kappa shape index (κ3) is 5.14. The van der Waals surface area contributed by atoms with Crippen molar-refractivity contribution in [1.29, 1.82) is 0 Å². The van der Waals surface area contributed by atoms with Crippen molar-refractivity contribution in [3.63, 3.8) is 0 Å². The number of benzene rings is 2. The molecule has 2 aliphatic rings. The molecule has 0 radical (unpaired) electrons. The van der Waals surface area contributed by atoms with Gasteiger partial charge in [-0.2, -0.15) is 0 Å². The molecular formula is C31H33N3O4. The van der Waals surface area contributed by atoms with Crippen LogP contribution >= 0.6 is 0 Å². The summed E-state index contributed by atoms with van der Waals surface area (Å²) in [6.07, 6.45) is 6.83. The van der Waals surface area contributed by atoms with Gasteiger partial charge in [0.25, 0.3) is 11.7 Å². The van der Waals surface area contributed by atoms with Gasteiger partial charge in [0.2, 0.25) is 0 Å². The lowest BCUT2D eigenvalue weighted by atomic mass is 9.95. The molecule has 0 saturated carbocycles. The summed E-state index contributed by atoms with van der Waals surface area (Å²) in [4.78, 5) is 34.8. The quantitative estimate of drug-likeness (QED) is 0.248. The topological polar surface area (TPSA) is 83.0 Å². The van der Waals surface area contributed by atoms with E-state index in [0.717, 1.165) is 18.8 Å². The molecule has 5 rings (SSSR count). The summed E-state index contributed by atoms with van der Waals surface area (Å²) in [6.45, 7) is 6.67. The molecule has 0 bridgehead atoms. The second kappa shape index (κ2) is 11.1. The first kappa shape index (κ1) is 25.5. The van der Waals surface area contributed by atoms with Gasteiger partial charge in [-0.25, -0.2) is 0 Å². The van der Waals surface area contributed by atoms with E-state index in [2.05, 4.69) is 23.7 Å². The summed E-state index contributed by atoms with van der Waals surface area (Å²) < 4.78 is 5.82. The second-order valence-electron chi connectivity index (χ2n) is 10.2. The van der Waals surface area contributed by atoms with Crippen molar-refractivity contribution in [2.45, 2.75) is 39.2 Å². The molecule has 38 heavy (non-hydrogen) atoms. The number of hydrogen-bond acceptors (Lipinski definition) is 6. The number of rotatable bonds is 7. The highest BCUT2D eigenvalue weighted by Gasteiger charge is 2.47. The molecule has 3 aromatic rings. The van der Waals surface area contributed by atoms with Crippen LogP contribution in [0.3, 0.4) is 0 Å². The van der Waals surface area contributed by atoms with Gasteiger partial charge < -0.3 is 14.7 Å². The molecule has 7 nitrogen and oxygen atoms in total. The zero-order chi connectivity index (χ0) is 26.6. The molecule has 196 valence electrons. The largest absolute Gasteiger partial charge is 0.507 e. The normalized spacial score (nSPS) is 19.3. The van der Waals surface area contributed by atoms with Crippen LogP contribution in [0.5, 0.6) is 5.75 Å². The molecule has 3 heterocycles. The van der Waals surface area contributed by atoms with Gasteiger partial charge in [0.15, 0.2) is 0 Å². The van der Waals surface area contributed by atoms with Crippen LogP contribution in [0.4, 0.5) is 11.4 Å². The van der Waals surface area contributed by atoms with E-state index in [4.69, 9.17) is 4.74 Å². The number of piperidine rings is 1. The minimum absolute atomic E-state index is 0.0438. The number of ether oxygens (including phenoxy) is 1. The van der Waals surface area contributed by atoms with E-state index < -0.39 is 17.7 Å². The average molecular weight is 512 g/mol. The minimum Gasteiger partial charge on any atom is -0.507 e. The lowest BCUT2D eigenvalue weighted by molar-refractivity contribution is -0.132. The standard InChI is InChI=1S/C31H33N3O4/c1-21(2)20-38-26-8-6-7-23(19-26)29(35)27-28(22-13-15-32-16-14-22)34(31(37)30(27)36)25-11-9-24(10-12-25)33-17-4-3-5-18-33/h6-16,19,21,28,35H,3-5,17-18,20H2,1-2H3/b29-27+. The first-order valence-electron chi connectivity index (χ1n) is 13.2. The molecule has 1 aromatic heterocycles. The maximum absolute atomic E-state index is 13.4. The molecule has 1 unspecified atom stereocenters. The molecule has 0 aliphatic carbocycles. The van der Waals surface area contributed by atoms with E-state index in [1.165, 1.54) is 24.2 Å². The number of aliphatic hydroxyl groups excluding tert-OH is 1. The molecule has 2 saturated heterocycles. The number of Topliss-reactive ketones (excluding diaryl/α,β-unsaturated/α-hetero) is 1. The zero-order valence-corrected chi connectivity index (χ0v) is 21.8. The Bertz CT molecular complexity index is 1330. The van der Waals surface area contributed by atoms with Crippen molar-refractivity contribution in [2.24, 2.45) is 5.92 Å². The van der Waals surface area contributed by atoms with Crippen LogP contribution in [-0.2, 0) is 9.59 Å². The van der Waals surface area contributed by atoms with Crippen LogP contribution in [-0.4, -0.2) is 41.5 Å². The highest BCUT2D eigenvalue weighted by atomic mass is 16.5. The Hall–Kier alpha value is -4.13. The zero-order valence-electron chi connectivity index (χ0n) is 21.8. The van der Waals surface area contributed by atoms with Gasteiger partial charge in [-0.05, 0) is 79.3 Å². The van der Waals surface area contributed by atoms with E-state index >= 15 is 0 Å². The SMILES string of the molecule is CC(C)COc1cccc(/C(O)=C2\C(=O)C(=O)N(c3ccc(N4CCCCC4)cc3)C2c2ccncc2)c1. The molecule has 1 amide bonds. The molecule has 7 heteroatoms. The number of anilines is 2. The Morgan fingerprint density at radius 1 is 0.974 bits per heavy atom. The monoisotopic (exact) mass is 511 g/mol. The fourth-order valence-corrected chi connectivity index (χ4v) is 5.09. The number of aromatic nitrogens is 1. The Balaban J connectivity index is 1.55. The third-order valence-electron chi connectivity index (χ3n) is 7.01. The number of carbonyl (C=O) groups is 2. The van der Waals surface area contributed by atoms with E-state index in [1.807, 2.05) is 30.3 Å². The van der Waals surface area contributed by atoms with Crippen LogP contribution < -0.4 is 14.5 Å². The fourth-order valence-electron chi connectivity index (χ4n) is 5.09. The summed E-state index contributed by atoms with van der Waals surface area (Å²) in [5, 5.41) is 11.4. The predicted molar refractivity (Wildman–Crippen MR) is 148 cm³/mol. The molecule has 1 atom stereocenters. The van der Waals surface area contributed by atoms with Crippen LogP contribution in [0, 0.1) is 5.92 Å². The molecule has 2 aliphatic heterocycles. The van der Waals surface area contributed by atoms with Crippen molar-refractivity contribution in [2.75, 3.05) is 29.5 Å². The van der Waals surface area contributed by atoms with E-state index in [1.54, 1.807) is 42.7 Å². The minimum atomic E-state index is -0.793. The van der Waals surface area contributed by atoms with E-state index in [9.17, 15) is 14.7 Å². The number of pyridine rings is 1. The fraction of sp³-hybridized carbons (Fsp3) is 0.323. The molecule has 1 N–H and O–H groups in total. The highest BCUT2D eigenvalue weighted by Crippen LogP contribution is 2.42. The number of carbonyl (C=O) groups excluding carboxylic acids is 2. The van der Waals surface area contributed by atoms with Gasteiger partial charge in [-0.1, -0.05) is 26.0 Å². The summed E-state index contributed by atoms with van der Waals surface area (Å²) in [5.41, 5.74) is 2.85. The van der Waals surface area contributed by atoms with Crippen LogP contribution in [0.2, 0.25) is 0 Å². The summed E-state index contributed by atoms with van der Waals surface area (Å²) in [6, 6.07) is 17.5. The van der Waals surface area contributed by atoms with Crippen LogP contribution in [0.25, 0.3) is 5.76 Å². The van der Waals surface area contributed by atoms with Crippen molar-refractivity contribution >= 4 is 28.8 Å². The Labute approximate surface area is 223 Å². The summed E-state index contributed by atoms with van der Waals surface area (Å²) >= 11 is 0. The number of hydrogen-bond donors (Lipinski definition) is 1. The lowest BCUT2D eigenvalue weighted by Gasteiger charge is -2.30. The van der Waals surface area contributed by atoms with E-state index in [-0.39, 0.29) is 11.3 Å². The smallest absolute Gasteiger partial charge is 0.300 e. The lowest BCUT2D eigenvalue weighted by Crippen LogP contribution is -2.30. The van der Waals surface area contributed by atoms with Gasteiger partial charge in [0, 0.05) is 42.4 Å². The molecule has 2 aromatic carbocycles. The molecular weight excluding hydrogens is 478 g/mol. The molecule has 0 spiro atoms. The molecule has 2 fully saturated rings. The Morgan fingerprint density at radius 2 is 1.66 bits per heavy atom. The van der Waals surface area contributed by atoms with Crippen molar-refractivity contribution in [3.8, 4) is 5.75 Å². The van der Waals surface area contributed by atoms with Crippen LogP contribution in [0.15, 0.2) is 78.6 Å². The number of ketones is 1. The van der Waals surface area contributed by atoms with Crippen molar-refractivity contribution in [3.05, 3.63) is 89.8 Å². The second-order valence-corrected chi connectivity index (χ2v) is 10.2. The first-order chi connectivity index (χ1) is 18.4. The van der Waals surface area contributed by atoms with Gasteiger partial charge in [-0.3, -0.25) is 19.5 Å². The van der Waals surface area contributed by atoms with Crippen LogP contribution in [0.1, 0.15) is 50.3 Å². The number of nitrogens with zero attached hydrogens (tertiary/aromatic N) is 3. The van der Waals surface area contributed by atoms with Gasteiger partial charge in [-0.15, -0.1) is 0 Å². The van der Waals surface area contributed by atoms with Gasteiger partial charge in [0.05, 0.1) is 18.2 Å². The first-order valence-corrected chi connectivity index (χ1v) is 13.2. The summed E-state index contributed by atoms with van der Waals surface area (Å²) in [5.74, 6) is -0.701. The Kier molecular flexibility index (Phi) is 7.45.